The Kier molecular flexibility index (Phi) is 6.36. The van der Waals surface area contributed by atoms with Gasteiger partial charge in [0, 0.05) is 12.1 Å². The molecule has 0 fully saturated rings. The minimum atomic E-state index is -3.79. The number of sulfonamides is 1. The zero-order valence-electron chi connectivity index (χ0n) is 14.7. The van der Waals surface area contributed by atoms with E-state index in [9.17, 15) is 8.42 Å². The van der Waals surface area contributed by atoms with E-state index in [0.717, 1.165) is 5.69 Å². The molecule has 7 nitrogen and oxygen atoms in total. The second-order valence-corrected chi connectivity index (χ2v) is 7.46. The van der Waals surface area contributed by atoms with Gasteiger partial charge in [0.2, 0.25) is 10.0 Å². The van der Waals surface area contributed by atoms with E-state index in [1.54, 1.807) is 4.68 Å². The van der Waals surface area contributed by atoms with Crippen molar-refractivity contribution in [2.75, 3.05) is 26.4 Å². The van der Waals surface area contributed by atoms with Crippen molar-refractivity contribution in [2.24, 2.45) is 0 Å². The molecule has 8 heteroatoms. The topological polar surface area (TPSA) is 93.5 Å². The van der Waals surface area contributed by atoms with Gasteiger partial charge < -0.3 is 9.84 Å². The minimum absolute atomic E-state index is 0.0970. The van der Waals surface area contributed by atoms with E-state index in [-0.39, 0.29) is 31.3 Å². The molecule has 0 aliphatic carbocycles. The fourth-order valence-electron chi connectivity index (χ4n) is 2.56. The van der Waals surface area contributed by atoms with Crippen LogP contribution < -0.4 is 4.72 Å². The van der Waals surface area contributed by atoms with Gasteiger partial charge in [0.05, 0.1) is 31.7 Å². The summed E-state index contributed by atoms with van der Waals surface area (Å²) in [4.78, 5) is 0.0970. The lowest BCUT2D eigenvalue weighted by atomic mass is 10.2. The van der Waals surface area contributed by atoms with Crippen LogP contribution in [0.2, 0.25) is 0 Å². The van der Waals surface area contributed by atoms with Gasteiger partial charge in [-0.05, 0) is 12.1 Å². The minimum Gasteiger partial charge on any atom is -0.394 e. The van der Waals surface area contributed by atoms with E-state index in [1.165, 1.54) is 6.20 Å². The smallest absolute Gasteiger partial charge is 0.244 e. The summed E-state index contributed by atoms with van der Waals surface area (Å²) in [5, 5.41) is 13.2. The fourth-order valence-corrected chi connectivity index (χ4v) is 3.72. The Bertz CT molecular complexity index is 957. The van der Waals surface area contributed by atoms with E-state index < -0.39 is 10.0 Å². The lowest BCUT2D eigenvalue weighted by Crippen LogP contribution is -2.28. The lowest BCUT2D eigenvalue weighted by molar-refractivity contribution is 0.0961. The normalized spacial score (nSPS) is 11.6. The number of nitrogens with one attached hydrogen (secondary N) is 1. The zero-order chi connectivity index (χ0) is 19.1. The molecule has 2 aromatic carbocycles. The van der Waals surface area contributed by atoms with Crippen LogP contribution in [-0.4, -0.2) is 49.7 Å². The Labute approximate surface area is 158 Å². The van der Waals surface area contributed by atoms with E-state index in [1.807, 2.05) is 60.7 Å². The highest BCUT2D eigenvalue weighted by Gasteiger charge is 2.23. The Morgan fingerprint density at radius 3 is 2.33 bits per heavy atom. The first kappa shape index (κ1) is 19.2. The summed E-state index contributed by atoms with van der Waals surface area (Å²) < 4.78 is 34.9. The quantitative estimate of drug-likeness (QED) is 0.547. The average Bonchev–Trinajstić information content (AvgIpc) is 3.16. The molecule has 1 heterocycles. The SMILES string of the molecule is O=S(=O)(NCCOCCO)c1cn(-c2ccccc2)nc1-c1ccccc1. The van der Waals surface area contributed by atoms with Gasteiger partial charge in [-0.15, -0.1) is 0 Å². The van der Waals surface area contributed by atoms with Gasteiger partial charge in [0.15, 0.2) is 0 Å². The van der Waals surface area contributed by atoms with Crippen LogP contribution in [0.3, 0.4) is 0 Å². The van der Waals surface area contributed by atoms with Crippen molar-refractivity contribution in [3.05, 3.63) is 66.9 Å². The monoisotopic (exact) mass is 387 g/mol. The highest BCUT2D eigenvalue weighted by Crippen LogP contribution is 2.27. The molecule has 0 radical (unpaired) electrons. The number of aliphatic hydroxyl groups is 1. The van der Waals surface area contributed by atoms with Crippen molar-refractivity contribution in [3.8, 4) is 16.9 Å². The maximum Gasteiger partial charge on any atom is 0.244 e. The molecule has 2 N–H and O–H groups in total. The van der Waals surface area contributed by atoms with E-state index in [4.69, 9.17) is 9.84 Å². The molecule has 3 aromatic rings. The Morgan fingerprint density at radius 2 is 1.67 bits per heavy atom. The third-order valence-corrected chi connectivity index (χ3v) is 5.27. The zero-order valence-corrected chi connectivity index (χ0v) is 15.5. The van der Waals surface area contributed by atoms with Gasteiger partial charge in [-0.25, -0.2) is 17.8 Å². The van der Waals surface area contributed by atoms with Crippen molar-refractivity contribution in [2.45, 2.75) is 4.90 Å². The maximum absolute atomic E-state index is 12.8. The van der Waals surface area contributed by atoms with Crippen molar-refractivity contribution >= 4 is 10.0 Å². The van der Waals surface area contributed by atoms with Crippen molar-refractivity contribution < 1.29 is 18.3 Å². The number of aromatic nitrogens is 2. The van der Waals surface area contributed by atoms with Crippen LogP contribution in [0.5, 0.6) is 0 Å². The largest absolute Gasteiger partial charge is 0.394 e. The van der Waals surface area contributed by atoms with Crippen molar-refractivity contribution in [1.29, 1.82) is 0 Å². The molecule has 27 heavy (non-hydrogen) atoms. The number of hydrogen-bond donors (Lipinski definition) is 2. The third kappa shape index (κ3) is 4.81. The van der Waals surface area contributed by atoms with Crippen LogP contribution in [0.1, 0.15) is 0 Å². The maximum atomic E-state index is 12.8. The molecule has 3 rings (SSSR count). The first-order chi connectivity index (χ1) is 13.1. The summed E-state index contributed by atoms with van der Waals surface area (Å²) in [7, 11) is -3.79. The van der Waals surface area contributed by atoms with Crippen LogP contribution in [0.25, 0.3) is 16.9 Å². The molecule has 0 amide bonds. The average molecular weight is 387 g/mol. The molecule has 0 saturated carbocycles. The van der Waals surface area contributed by atoms with Crippen molar-refractivity contribution in [3.63, 3.8) is 0 Å². The van der Waals surface area contributed by atoms with Crippen LogP contribution >= 0.6 is 0 Å². The molecule has 0 spiro atoms. The second kappa shape index (κ2) is 8.92. The number of nitrogens with zero attached hydrogens (tertiary/aromatic N) is 2. The predicted molar refractivity (Wildman–Crippen MR) is 102 cm³/mol. The summed E-state index contributed by atoms with van der Waals surface area (Å²) in [6.07, 6.45) is 1.51. The first-order valence-electron chi connectivity index (χ1n) is 8.50. The number of para-hydroxylation sites is 1. The number of hydrogen-bond acceptors (Lipinski definition) is 5. The summed E-state index contributed by atoms with van der Waals surface area (Å²) in [5.74, 6) is 0. The van der Waals surface area contributed by atoms with E-state index in [0.29, 0.717) is 11.3 Å². The highest BCUT2D eigenvalue weighted by molar-refractivity contribution is 7.89. The second-order valence-electron chi connectivity index (χ2n) is 5.72. The van der Waals surface area contributed by atoms with Gasteiger partial charge in [0.25, 0.3) is 0 Å². The van der Waals surface area contributed by atoms with Gasteiger partial charge in [-0.2, -0.15) is 5.10 Å². The lowest BCUT2D eigenvalue weighted by Gasteiger charge is -2.07. The molecular formula is C19H21N3O4S. The third-order valence-electron chi connectivity index (χ3n) is 3.81. The number of aliphatic hydroxyl groups excluding tert-OH is 1. The van der Waals surface area contributed by atoms with Gasteiger partial charge in [-0.3, -0.25) is 0 Å². The van der Waals surface area contributed by atoms with Crippen LogP contribution in [0.15, 0.2) is 71.8 Å². The van der Waals surface area contributed by atoms with Crippen LogP contribution in [0, 0.1) is 0 Å². The molecular weight excluding hydrogens is 366 g/mol. The van der Waals surface area contributed by atoms with E-state index >= 15 is 0 Å². The molecule has 0 unspecified atom stereocenters. The Morgan fingerprint density at radius 1 is 1.00 bits per heavy atom. The van der Waals surface area contributed by atoms with Crippen LogP contribution in [0.4, 0.5) is 0 Å². The molecule has 0 aliphatic heterocycles. The summed E-state index contributed by atoms with van der Waals surface area (Å²) >= 11 is 0. The van der Waals surface area contributed by atoms with Gasteiger partial charge >= 0.3 is 0 Å². The fraction of sp³-hybridized carbons (Fsp3) is 0.211. The first-order valence-corrected chi connectivity index (χ1v) is 9.99. The summed E-state index contributed by atoms with van der Waals surface area (Å²) in [6, 6.07) is 18.5. The number of ether oxygens (including phenoxy) is 1. The number of rotatable bonds is 9. The standard InChI is InChI=1S/C19H21N3O4S/c23-12-14-26-13-11-20-27(24,25)18-15-22(17-9-5-2-6-10-17)21-19(18)16-7-3-1-4-8-16/h1-10,15,20,23H,11-14H2. The summed E-state index contributed by atoms with van der Waals surface area (Å²) in [5.41, 5.74) is 1.86. The van der Waals surface area contributed by atoms with Crippen LogP contribution in [-0.2, 0) is 14.8 Å². The predicted octanol–water partition coefficient (Wildman–Crippen LogP) is 1.83. The molecule has 0 atom stereocenters. The highest BCUT2D eigenvalue weighted by atomic mass is 32.2. The molecule has 0 aliphatic rings. The molecule has 1 aromatic heterocycles. The molecule has 0 saturated heterocycles. The Balaban J connectivity index is 1.94. The number of benzene rings is 2. The van der Waals surface area contributed by atoms with E-state index in [2.05, 4.69) is 9.82 Å². The van der Waals surface area contributed by atoms with Gasteiger partial charge in [0.1, 0.15) is 10.6 Å². The Hall–Kier alpha value is -2.52. The summed E-state index contributed by atoms with van der Waals surface area (Å²) in [6.45, 7) is 0.345. The molecule has 142 valence electrons. The molecule has 0 bridgehead atoms. The van der Waals surface area contributed by atoms with Gasteiger partial charge in [-0.1, -0.05) is 48.5 Å². The van der Waals surface area contributed by atoms with Crippen molar-refractivity contribution in [1.82, 2.24) is 14.5 Å².